The fraction of sp³-hybridized carbons (Fsp3) is 0.316. The van der Waals surface area contributed by atoms with Crippen LogP contribution in [0.1, 0.15) is 26.3 Å². The second kappa shape index (κ2) is 5.16. The van der Waals surface area contributed by atoms with E-state index in [0.29, 0.717) is 0 Å². The third-order valence-corrected chi connectivity index (χ3v) is 4.06. The molecule has 3 heteroatoms. The first kappa shape index (κ1) is 14.6. The first-order valence-electron chi connectivity index (χ1n) is 7.53. The molecule has 1 heterocycles. The normalized spacial score (nSPS) is 11.9. The topological polar surface area (TPSA) is 27.1 Å². The summed E-state index contributed by atoms with van der Waals surface area (Å²) in [6.07, 6.45) is 0. The van der Waals surface area contributed by atoms with Crippen molar-refractivity contribution < 1.29 is 4.74 Å². The zero-order chi connectivity index (χ0) is 15.9. The van der Waals surface area contributed by atoms with Crippen molar-refractivity contribution in [2.75, 3.05) is 7.11 Å². The van der Waals surface area contributed by atoms with Gasteiger partial charge >= 0.3 is 0 Å². The van der Waals surface area contributed by atoms with Gasteiger partial charge in [-0.2, -0.15) is 0 Å². The van der Waals surface area contributed by atoms with Crippen molar-refractivity contribution in [3.63, 3.8) is 0 Å². The molecule has 0 aliphatic heterocycles. The maximum atomic E-state index is 5.76. The highest BCUT2D eigenvalue weighted by atomic mass is 16.5. The predicted octanol–water partition coefficient (Wildman–Crippen LogP) is 4.55. The molecule has 0 spiro atoms. The molecule has 0 saturated carbocycles. The SMILES string of the molecule is COc1c(-c2nc3ccccc3n2C)cccc1C(C)(C)C. The largest absolute Gasteiger partial charge is 0.496 e. The number of methoxy groups -OCH3 is 1. The van der Waals surface area contributed by atoms with Gasteiger partial charge in [0, 0.05) is 12.6 Å². The molecule has 0 saturated heterocycles. The zero-order valence-corrected chi connectivity index (χ0v) is 13.8. The molecule has 0 fully saturated rings. The maximum Gasteiger partial charge on any atom is 0.144 e. The van der Waals surface area contributed by atoms with Crippen LogP contribution in [0.25, 0.3) is 22.4 Å². The number of aryl methyl sites for hydroxylation is 1. The summed E-state index contributed by atoms with van der Waals surface area (Å²) in [6.45, 7) is 6.59. The van der Waals surface area contributed by atoms with E-state index in [4.69, 9.17) is 9.72 Å². The van der Waals surface area contributed by atoms with Crippen LogP contribution in [0.4, 0.5) is 0 Å². The van der Waals surface area contributed by atoms with E-state index >= 15 is 0 Å². The number of nitrogens with zero attached hydrogens (tertiary/aromatic N) is 2. The van der Waals surface area contributed by atoms with Crippen LogP contribution >= 0.6 is 0 Å². The van der Waals surface area contributed by atoms with Crippen molar-refractivity contribution in [1.82, 2.24) is 9.55 Å². The van der Waals surface area contributed by atoms with Gasteiger partial charge < -0.3 is 9.30 Å². The van der Waals surface area contributed by atoms with Gasteiger partial charge in [-0.3, -0.25) is 0 Å². The second-order valence-corrected chi connectivity index (χ2v) is 6.62. The fourth-order valence-electron chi connectivity index (χ4n) is 2.91. The first-order valence-corrected chi connectivity index (χ1v) is 7.53. The van der Waals surface area contributed by atoms with Crippen LogP contribution in [0.3, 0.4) is 0 Å². The van der Waals surface area contributed by atoms with Crippen molar-refractivity contribution in [3.8, 4) is 17.1 Å². The van der Waals surface area contributed by atoms with Gasteiger partial charge in [0.15, 0.2) is 0 Å². The minimum absolute atomic E-state index is 0.0198. The minimum Gasteiger partial charge on any atom is -0.496 e. The maximum absolute atomic E-state index is 5.76. The summed E-state index contributed by atoms with van der Waals surface area (Å²) in [5, 5.41) is 0. The number of imidazole rings is 1. The number of ether oxygens (including phenoxy) is 1. The van der Waals surface area contributed by atoms with E-state index in [1.165, 1.54) is 5.56 Å². The van der Waals surface area contributed by atoms with Crippen LogP contribution < -0.4 is 4.74 Å². The number of benzene rings is 2. The average Bonchev–Trinajstić information content (AvgIpc) is 2.83. The van der Waals surface area contributed by atoms with E-state index in [-0.39, 0.29) is 5.41 Å². The zero-order valence-electron chi connectivity index (χ0n) is 13.8. The molecule has 0 aliphatic carbocycles. The van der Waals surface area contributed by atoms with Crippen molar-refractivity contribution in [2.24, 2.45) is 7.05 Å². The molecule has 3 rings (SSSR count). The first-order chi connectivity index (χ1) is 10.4. The van der Waals surface area contributed by atoms with E-state index in [0.717, 1.165) is 28.2 Å². The van der Waals surface area contributed by atoms with Crippen molar-refractivity contribution in [2.45, 2.75) is 26.2 Å². The summed E-state index contributed by atoms with van der Waals surface area (Å²) in [4.78, 5) is 4.80. The summed E-state index contributed by atoms with van der Waals surface area (Å²) in [5.41, 5.74) is 4.38. The van der Waals surface area contributed by atoms with Gasteiger partial charge in [0.1, 0.15) is 11.6 Å². The van der Waals surface area contributed by atoms with Gasteiger partial charge in [-0.25, -0.2) is 4.98 Å². The Balaban J connectivity index is 2.29. The Kier molecular flexibility index (Phi) is 3.44. The Morgan fingerprint density at radius 3 is 2.36 bits per heavy atom. The van der Waals surface area contributed by atoms with E-state index in [2.05, 4.69) is 49.6 Å². The van der Waals surface area contributed by atoms with E-state index < -0.39 is 0 Å². The van der Waals surface area contributed by atoms with Gasteiger partial charge in [0.2, 0.25) is 0 Å². The van der Waals surface area contributed by atoms with Gasteiger partial charge in [0.05, 0.1) is 23.7 Å². The molecular weight excluding hydrogens is 272 g/mol. The molecule has 0 atom stereocenters. The standard InChI is InChI=1S/C19H22N2O/c1-19(2,3)14-10-8-9-13(17(14)22-5)18-20-15-11-6-7-12-16(15)21(18)4/h6-12H,1-5H3. The summed E-state index contributed by atoms with van der Waals surface area (Å²) >= 11 is 0. The Hall–Kier alpha value is -2.29. The predicted molar refractivity (Wildman–Crippen MR) is 91.4 cm³/mol. The molecule has 22 heavy (non-hydrogen) atoms. The van der Waals surface area contributed by atoms with Crippen LogP contribution in [-0.4, -0.2) is 16.7 Å². The molecule has 3 aromatic rings. The Morgan fingerprint density at radius 1 is 1.00 bits per heavy atom. The third-order valence-electron chi connectivity index (χ3n) is 4.06. The lowest BCUT2D eigenvalue weighted by atomic mass is 9.85. The molecular formula is C19H22N2O. The molecule has 1 aromatic heterocycles. The Morgan fingerprint density at radius 2 is 1.73 bits per heavy atom. The van der Waals surface area contributed by atoms with Crippen molar-refractivity contribution in [1.29, 1.82) is 0 Å². The number of rotatable bonds is 2. The van der Waals surface area contributed by atoms with Crippen LogP contribution in [0.2, 0.25) is 0 Å². The number of aromatic nitrogens is 2. The molecule has 114 valence electrons. The van der Waals surface area contributed by atoms with Gasteiger partial charge in [0.25, 0.3) is 0 Å². The van der Waals surface area contributed by atoms with Gasteiger partial charge in [-0.1, -0.05) is 45.0 Å². The lowest BCUT2D eigenvalue weighted by molar-refractivity contribution is 0.399. The van der Waals surface area contributed by atoms with E-state index in [1.54, 1.807) is 7.11 Å². The summed E-state index contributed by atoms with van der Waals surface area (Å²) in [7, 11) is 3.78. The fourth-order valence-corrected chi connectivity index (χ4v) is 2.91. The number of hydrogen-bond donors (Lipinski definition) is 0. The Labute approximate surface area is 131 Å². The highest BCUT2D eigenvalue weighted by Gasteiger charge is 2.23. The monoisotopic (exact) mass is 294 g/mol. The molecule has 0 unspecified atom stereocenters. The van der Waals surface area contributed by atoms with Crippen LogP contribution in [-0.2, 0) is 12.5 Å². The molecule has 3 nitrogen and oxygen atoms in total. The van der Waals surface area contributed by atoms with E-state index in [9.17, 15) is 0 Å². The number of para-hydroxylation sites is 3. The highest BCUT2D eigenvalue weighted by molar-refractivity contribution is 5.82. The third kappa shape index (κ3) is 2.27. The van der Waals surface area contributed by atoms with Crippen molar-refractivity contribution in [3.05, 3.63) is 48.0 Å². The summed E-state index contributed by atoms with van der Waals surface area (Å²) < 4.78 is 7.88. The molecule has 0 bridgehead atoms. The molecule has 0 N–H and O–H groups in total. The lowest BCUT2D eigenvalue weighted by Crippen LogP contribution is -2.13. The van der Waals surface area contributed by atoms with E-state index in [1.807, 2.05) is 25.2 Å². The Bertz CT molecular complexity index is 825. The lowest BCUT2D eigenvalue weighted by Gasteiger charge is -2.23. The van der Waals surface area contributed by atoms with Crippen LogP contribution in [0.5, 0.6) is 5.75 Å². The molecule has 2 aromatic carbocycles. The smallest absolute Gasteiger partial charge is 0.144 e. The summed E-state index contributed by atoms with van der Waals surface area (Å²) in [6, 6.07) is 14.5. The quantitative estimate of drug-likeness (QED) is 0.693. The average molecular weight is 294 g/mol. The molecule has 0 amide bonds. The van der Waals surface area contributed by atoms with Crippen LogP contribution in [0.15, 0.2) is 42.5 Å². The van der Waals surface area contributed by atoms with Crippen molar-refractivity contribution >= 4 is 11.0 Å². The second-order valence-electron chi connectivity index (χ2n) is 6.62. The highest BCUT2D eigenvalue weighted by Crippen LogP contribution is 2.39. The van der Waals surface area contributed by atoms with Gasteiger partial charge in [-0.05, 0) is 23.6 Å². The van der Waals surface area contributed by atoms with Gasteiger partial charge in [-0.15, -0.1) is 0 Å². The number of hydrogen-bond acceptors (Lipinski definition) is 2. The summed E-state index contributed by atoms with van der Waals surface area (Å²) in [5.74, 6) is 1.84. The molecule has 0 radical (unpaired) electrons. The molecule has 0 aliphatic rings. The van der Waals surface area contributed by atoms with Crippen LogP contribution in [0, 0.1) is 0 Å². The number of fused-ring (bicyclic) bond motifs is 1. The minimum atomic E-state index is 0.0198.